The van der Waals surface area contributed by atoms with Crippen molar-refractivity contribution in [1.82, 2.24) is 4.90 Å². The number of nitrogens with zero attached hydrogens (tertiary/aromatic N) is 1. The number of hydrogen-bond acceptors (Lipinski definition) is 3. The maximum Gasteiger partial charge on any atom is 0.488 e. The van der Waals surface area contributed by atoms with Gasteiger partial charge in [0, 0.05) is 6.54 Å². The second-order valence-electron chi connectivity index (χ2n) is 4.45. The van der Waals surface area contributed by atoms with Crippen molar-refractivity contribution in [1.29, 1.82) is 0 Å². The van der Waals surface area contributed by atoms with Crippen LogP contribution in [0.3, 0.4) is 0 Å². The van der Waals surface area contributed by atoms with E-state index in [1.54, 1.807) is 12.1 Å². The maximum atomic E-state index is 8.98. The van der Waals surface area contributed by atoms with Crippen LogP contribution in [0.4, 0.5) is 0 Å². The average molecular weight is 256 g/mol. The SMILES string of the molecule is Cl.OB(O)c1ccc(CN2CCCCC2)cc1. The van der Waals surface area contributed by atoms with Gasteiger partial charge < -0.3 is 10.0 Å². The molecule has 1 fully saturated rings. The third-order valence-electron chi connectivity index (χ3n) is 3.13. The normalized spacial score (nSPS) is 16.4. The van der Waals surface area contributed by atoms with Crippen LogP contribution in [0.15, 0.2) is 24.3 Å². The average Bonchev–Trinajstić information content (AvgIpc) is 2.31. The lowest BCUT2D eigenvalue weighted by atomic mass is 9.80. The Morgan fingerprint density at radius 1 is 1.00 bits per heavy atom. The number of piperidine rings is 1. The van der Waals surface area contributed by atoms with Gasteiger partial charge in [0.25, 0.3) is 0 Å². The first kappa shape index (κ1) is 14.5. The zero-order chi connectivity index (χ0) is 11.4. The van der Waals surface area contributed by atoms with E-state index in [1.807, 2.05) is 12.1 Å². The molecule has 3 nitrogen and oxygen atoms in total. The van der Waals surface area contributed by atoms with Gasteiger partial charge in [-0.15, -0.1) is 12.4 Å². The molecular weight excluding hydrogens is 236 g/mol. The minimum Gasteiger partial charge on any atom is -0.423 e. The summed E-state index contributed by atoms with van der Waals surface area (Å²) in [5.74, 6) is 0. The summed E-state index contributed by atoms with van der Waals surface area (Å²) < 4.78 is 0. The summed E-state index contributed by atoms with van der Waals surface area (Å²) in [7, 11) is -1.36. The van der Waals surface area contributed by atoms with Crippen molar-refractivity contribution in [3.63, 3.8) is 0 Å². The molecule has 94 valence electrons. The molecule has 1 aromatic rings. The highest BCUT2D eigenvalue weighted by Gasteiger charge is 2.12. The summed E-state index contributed by atoms with van der Waals surface area (Å²) in [4.78, 5) is 2.45. The molecule has 0 atom stereocenters. The molecule has 0 aliphatic carbocycles. The van der Waals surface area contributed by atoms with Gasteiger partial charge in [-0.2, -0.15) is 0 Å². The molecule has 0 radical (unpaired) electrons. The van der Waals surface area contributed by atoms with Gasteiger partial charge >= 0.3 is 7.12 Å². The van der Waals surface area contributed by atoms with Gasteiger partial charge in [-0.05, 0) is 37.0 Å². The molecule has 0 unspecified atom stereocenters. The first-order valence-electron chi connectivity index (χ1n) is 5.93. The third-order valence-corrected chi connectivity index (χ3v) is 3.13. The van der Waals surface area contributed by atoms with Gasteiger partial charge in [-0.3, -0.25) is 4.90 Å². The van der Waals surface area contributed by atoms with E-state index in [4.69, 9.17) is 10.0 Å². The number of hydrogen-bond donors (Lipinski definition) is 2. The first-order chi connectivity index (χ1) is 7.75. The molecule has 2 rings (SSSR count). The molecule has 2 N–H and O–H groups in total. The van der Waals surface area contributed by atoms with Gasteiger partial charge in [0.1, 0.15) is 0 Å². The highest BCUT2D eigenvalue weighted by Crippen LogP contribution is 2.12. The molecule has 17 heavy (non-hydrogen) atoms. The number of halogens is 1. The van der Waals surface area contributed by atoms with E-state index < -0.39 is 7.12 Å². The fraction of sp³-hybridized carbons (Fsp3) is 0.500. The van der Waals surface area contributed by atoms with Crippen LogP contribution in [0, 0.1) is 0 Å². The van der Waals surface area contributed by atoms with Crippen LogP contribution in [0.5, 0.6) is 0 Å². The second kappa shape index (κ2) is 7.02. The molecule has 5 heteroatoms. The number of benzene rings is 1. The molecule has 1 aliphatic heterocycles. The summed E-state index contributed by atoms with van der Waals surface area (Å²) in [6.07, 6.45) is 3.95. The van der Waals surface area contributed by atoms with Gasteiger partial charge in [-0.25, -0.2) is 0 Å². The fourth-order valence-corrected chi connectivity index (χ4v) is 2.17. The minimum atomic E-state index is -1.36. The Morgan fingerprint density at radius 2 is 1.59 bits per heavy atom. The van der Waals surface area contributed by atoms with E-state index >= 15 is 0 Å². The summed E-state index contributed by atoms with van der Waals surface area (Å²) in [6, 6.07) is 7.51. The highest BCUT2D eigenvalue weighted by molar-refractivity contribution is 6.58. The lowest BCUT2D eigenvalue weighted by Crippen LogP contribution is -2.31. The van der Waals surface area contributed by atoms with Crippen LogP contribution in [0.25, 0.3) is 0 Å². The lowest BCUT2D eigenvalue weighted by molar-refractivity contribution is 0.221. The fourth-order valence-electron chi connectivity index (χ4n) is 2.17. The zero-order valence-corrected chi connectivity index (χ0v) is 10.7. The molecule has 1 heterocycles. The van der Waals surface area contributed by atoms with Gasteiger partial charge in [0.2, 0.25) is 0 Å². The van der Waals surface area contributed by atoms with Gasteiger partial charge in [0.05, 0.1) is 0 Å². The standard InChI is InChI=1S/C12H18BNO2.ClH/c15-13(16)12-6-4-11(5-7-12)10-14-8-2-1-3-9-14;/h4-7,15-16H,1-3,8-10H2;1H. The third kappa shape index (κ3) is 4.32. The smallest absolute Gasteiger partial charge is 0.423 e. The van der Waals surface area contributed by atoms with Crippen LogP contribution in [-0.4, -0.2) is 35.2 Å². The van der Waals surface area contributed by atoms with Crippen molar-refractivity contribution in [2.24, 2.45) is 0 Å². The molecule has 0 bridgehead atoms. The highest BCUT2D eigenvalue weighted by atomic mass is 35.5. The number of likely N-dealkylation sites (tertiary alicyclic amines) is 1. The summed E-state index contributed by atoms with van der Waals surface area (Å²) >= 11 is 0. The monoisotopic (exact) mass is 255 g/mol. The second-order valence-corrected chi connectivity index (χ2v) is 4.45. The molecular formula is C12H19BClNO2. The Balaban J connectivity index is 0.00000144. The van der Waals surface area contributed by atoms with Crippen molar-refractivity contribution < 1.29 is 10.0 Å². The van der Waals surface area contributed by atoms with Crippen LogP contribution < -0.4 is 5.46 Å². The van der Waals surface area contributed by atoms with Gasteiger partial charge in [-0.1, -0.05) is 30.7 Å². The van der Waals surface area contributed by atoms with Crippen molar-refractivity contribution in [2.75, 3.05) is 13.1 Å². The predicted octanol–water partition coefficient (Wildman–Crippen LogP) is 0.774. The van der Waals surface area contributed by atoms with E-state index in [0.717, 1.165) is 6.54 Å². The van der Waals surface area contributed by atoms with E-state index in [1.165, 1.54) is 37.9 Å². The Bertz CT molecular complexity index is 326. The molecule has 0 spiro atoms. The van der Waals surface area contributed by atoms with E-state index in [-0.39, 0.29) is 12.4 Å². The van der Waals surface area contributed by atoms with E-state index in [9.17, 15) is 0 Å². The zero-order valence-electron chi connectivity index (χ0n) is 9.88. The molecule has 0 amide bonds. The van der Waals surface area contributed by atoms with Crippen molar-refractivity contribution >= 4 is 25.0 Å². The quantitative estimate of drug-likeness (QED) is 0.785. The molecule has 0 aromatic heterocycles. The van der Waals surface area contributed by atoms with E-state index in [2.05, 4.69) is 4.90 Å². The van der Waals surface area contributed by atoms with Crippen molar-refractivity contribution in [3.8, 4) is 0 Å². The lowest BCUT2D eigenvalue weighted by Gasteiger charge is -2.26. The Kier molecular flexibility index (Phi) is 5.99. The maximum absolute atomic E-state index is 8.98. The minimum absolute atomic E-state index is 0. The summed E-state index contributed by atoms with van der Waals surface area (Å²) in [6.45, 7) is 3.34. The summed E-state index contributed by atoms with van der Waals surface area (Å²) in [5.41, 5.74) is 1.80. The van der Waals surface area contributed by atoms with Crippen LogP contribution in [0.1, 0.15) is 24.8 Å². The number of rotatable bonds is 3. The largest absolute Gasteiger partial charge is 0.488 e. The molecule has 0 saturated carbocycles. The topological polar surface area (TPSA) is 43.7 Å². The van der Waals surface area contributed by atoms with E-state index in [0.29, 0.717) is 5.46 Å². The Hall–Kier alpha value is -0.545. The Labute approximate surface area is 109 Å². The Morgan fingerprint density at radius 3 is 2.12 bits per heavy atom. The van der Waals surface area contributed by atoms with Gasteiger partial charge in [0.15, 0.2) is 0 Å². The van der Waals surface area contributed by atoms with Crippen LogP contribution in [-0.2, 0) is 6.54 Å². The molecule has 1 saturated heterocycles. The van der Waals surface area contributed by atoms with Crippen LogP contribution >= 0.6 is 12.4 Å². The molecule has 1 aromatic carbocycles. The van der Waals surface area contributed by atoms with Crippen LogP contribution in [0.2, 0.25) is 0 Å². The first-order valence-corrected chi connectivity index (χ1v) is 5.93. The van der Waals surface area contributed by atoms with Crippen molar-refractivity contribution in [2.45, 2.75) is 25.8 Å². The summed E-state index contributed by atoms with van der Waals surface area (Å²) in [5, 5.41) is 18.0. The molecule has 1 aliphatic rings. The van der Waals surface area contributed by atoms with Crippen molar-refractivity contribution in [3.05, 3.63) is 29.8 Å². The predicted molar refractivity (Wildman–Crippen MR) is 72.6 cm³/mol.